The van der Waals surface area contributed by atoms with E-state index in [0.29, 0.717) is 22.2 Å². The van der Waals surface area contributed by atoms with Gasteiger partial charge in [-0.05, 0) is 71.1 Å². The van der Waals surface area contributed by atoms with Crippen molar-refractivity contribution in [1.82, 2.24) is 49.9 Å². The van der Waals surface area contributed by atoms with Gasteiger partial charge in [-0.15, -0.1) is 20.4 Å². The van der Waals surface area contributed by atoms with E-state index in [1.54, 1.807) is 12.4 Å². The van der Waals surface area contributed by atoms with Crippen LogP contribution in [-0.2, 0) is 0 Å². The molecular weight excluding hydrogens is 637 g/mol. The van der Waals surface area contributed by atoms with Gasteiger partial charge in [0.2, 0.25) is 0 Å². The van der Waals surface area contributed by atoms with Gasteiger partial charge in [0.05, 0.1) is 34.8 Å². The average Bonchev–Trinajstić information content (AvgIpc) is 3.85. The van der Waals surface area contributed by atoms with Gasteiger partial charge >= 0.3 is 0 Å². The zero-order valence-electron chi connectivity index (χ0n) is 26.6. The van der Waals surface area contributed by atoms with Crippen LogP contribution in [0.5, 0.6) is 0 Å². The van der Waals surface area contributed by atoms with Crippen molar-refractivity contribution in [2.45, 2.75) is 0 Å². The van der Waals surface area contributed by atoms with Crippen molar-refractivity contribution >= 4 is 66.1 Å². The maximum atomic E-state index is 6.23. The Balaban J connectivity index is 1.07. The van der Waals surface area contributed by atoms with Gasteiger partial charge in [0.1, 0.15) is 11.0 Å². The van der Waals surface area contributed by atoms with Gasteiger partial charge in [0.15, 0.2) is 22.5 Å². The summed E-state index contributed by atoms with van der Waals surface area (Å²) >= 11 is 0. The van der Waals surface area contributed by atoms with Crippen LogP contribution in [0.25, 0.3) is 100.0 Å². The third kappa shape index (κ3) is 4.12. The molecule has 0 fully saturated rings. The molecule has 0 saturated carbocycles. The lowest BCUT2D eigenvalue weighted by molar-refractivity contribution is 0.667. The molecule has 11 heteroatoms. The van der Waals surface area contributed by atoms with Crippen molar-refractivity contribution < 1.29 is 4.42 Å². The first-order valence-corrected chi connectivity index (χ1v) is 16.4. The number of nitrogens with zero attached hydrogens (tertiary/aromatic N) is 10. The largest absolute Gasteiger partial charge is 0.453 e. The number of para-hydroxylation sites is 2. The maximum Gasteiger partial charge on any atom is 0.171 e. The molecule has 0 spiro atoms. The minimum Gasteiger partial charge on any atom is -0.453 e. The van der Waals surface area contributed by atoms with Gasteiger partial charge < -0.3 is 4.42 Å². The van der Waals surface area contributed by atoms with Crippen LogP contribution in [0.3, 0.4) is 0 Å². The van der Waals surface area contributed by atoms with E-state index >= 15 is 0 Å². The topological polar surface area (TPSA) is 126 Å². The molecule has 0 aliphatic carbocycles. The fourth-order valence-corrected chi connectivity index (χ4v) is 7.19. The number of hydrogen-bond donors (Lipinski definition) is 0. The van der Waals surface area contributed by atoms with Crippen molar-refractivity contribution in [3.63, 3.8) is 0 Å². The van der Waals surface area contributed by atoms with E-state index < -0.39 is 0 Å². The lowest BCUT2D eigenvalue weighted by atomic mass is 10.1. The highest BCUT2D eigenvalue weighted by Crippen LogP contribution is 2.37. The Hall–Kier alpha value is -7.40. The molecule has 11 nitrogen and oxygen atoms in total. The van der Waals surface area contributed by atoms with Gasteiger partial charge in [-0.25, -0.2) is 9.97 Å². The predicted octanol–water partition coefficient (Wildman–Crippen LogP) is 8.27. The van der Waals surface area contributed by atoms with E-state index in [9.17, 15) is 0 Å². The lowest BCUT2D eigenvalue weighted by Gasteiger charge is -2.08. The van der Waals surface area contributed by atoms with E-state index in [1.807, 2.05) is 60.7 Å². The van der Waals surface area contributed by atoms with Crippen LogP contribution >= 0.6 is 0 Å². The zero-order chi connectivity index (χ0) is 33.5. The number of furan rings is 1. The second-order valence-corrected chi connectivity index (χ2v) is 12.3. The van der Waals surface area contributed by atoms with Crippen LogP contribution in [0, 0.1) is 0 Å². The van der Waals surface area contributed by atoms with Gasteiger partial charge in [0, 0.05) is 44.0 Å². The van der Waals surface area contributed by atoms with E-state index in [0.717, 1.165) is 77.8 Å². The Morgan fingerprint density at radius 1 is 0.451 bits per heavy atom. The highest BCUT2D eigenvalue weighted by Gasteiger charge is 2.19. The Labute approximate surface area is 287 Å². The fourth-order valence-electron chi connectivity index (χ4n) is 7.19. The molecule has 0 atom stereocenters. The smallest absolute Gasteiger partial charge is 0.171 e. The van der Waals surface area contributed by atoms with E-state index in [2.05, 4.69) is 101 Å². The SMILES string of the molecule is c1ccc(-n2c3cc(-c4ccc5oc6ccc(-c7ccc8c9cnnnc9n(-c9ccccc9)c8c7)nc6c5n4)ccc3c3cnnnc32)cc1. The second-order valence-electron chi connectivity index (χ2n) is 12.3. The van der Waals surface area contributed by atoms with Crippen LogP contribution in [0.15, 0.2) is 138 Å². The third-order valence-electron chi connectivity index (χ3n) is 9.50. The van der Waals surface area contributed by atoms with Crippen molar-refractivity contribution in [2.75, 3.05) is 0 Å². The number of rotatable bonds is 4. The third-order valence-corrected chi connectivity index (χ3v) is 9.50. The number of hydrogen-bond acceptors (Lipinski definition) is 9. The summed E-state index contributed by atoms with van der Waals surface area (Å²) in [6, 6.07) is 40.8. The summed E-state index contributed by atoms with van der Waals surface area (Å²) < 4.78 is 10.5. The molecule has 11 rings (SSSR count). The molecule has 0 aliphatic rings. The fraction of sp³-hybridized carbons (Fsp3) is 0. The number of aromatic nitrogens is 10. The summed E-state index contributed by atoms with van der Waals surface area (Å²) in [6.07, 6.45) is 3.53. The molecule has 0 bridgehead atoms. The zero-order valence-corrected chi connectivity index (χ0v) is 26.6. The molecule has 7 heterocycles. The minimum atomic E-state index is 0.671. The summed E-state index contributed by atoms with van der Waals surface area (Å²) in [5, 5.41) is 28.8. The molecule has 0 radical (unpaired) electrons. The van der Waals surface area contributed by atoms with Crippen LogP contribution in [0.1, 0.15) is 0 Å². The van der Waals surface area contributed by atoms with Crippen LogP contribution in [0.2, 0.25) is 0 Å². The van der Waals surface area contributed by atoms with Gasteiger partial charge in [0.25, 0.3) is 0 Å². The molecule has 0 amide bonds. The van der Waals surface area contributed by atoms with E-state index in [-0.39, 0.29) is 0 Å². The summed E-state index contributed by atoms with van der Waals surface area (Å²) in [7, 11) is 0. The monoisotopic (exact) mass is 658 g/mol. The first-order valence-electron chi connectivity index (χ1n) is 16.4. The Bertz CT molecular complexity index is 2940. The van der Waals surface area contributed by atoms with E-state index in [1.165, 1.54) is 0 Å². The number of fused-ring (bicyclic) bond motifs is 9. The molecule has 4 aromatic carbocycles. The Kier molecular flexibility index (Phi) is 5.70. The van der Waals surface area contributed by atoms with Gasteiger partial charge in [-0.3, -0.25) is 9.13 Å². The normalized spacial score (nSPS) is 11.9. The van der Waals surface area contributed by atoms with Crippen LogP contribution in [-0.4, -0.2) is 49.9 Å². The number of benzene rings is 4. The molecule has 0 saturated heterocycles. The highest BCUT2D eigenvalue weighted by molar-refractivity contribution is 6.10. The Morgan fingerprint density at radius 2 is 0.922 bits per heavy atom. The summed E-state index contributed by atoms with van der Waals surface area (Å²) in [5.74, 6) is 0. The van der Waals surface area contributed by atoms with E-state index in [4.69, 9.17) is 14.4 Å². The molecule has 0 unspecified atom stereocenters. The Morgan fingerprint density at radius 3 is 1.39 bits per heavy atom. The molecule has 11 aromatic rings. The van der Waals surface area contributed by atoms with Crippen molar-refractivity contribution in [3.05, 3.63) is 134 Å². The summed E-state index contributed by atoms with van der Waals surface area (Å²) in [5.41, 5.74) is 11.7. The first kappa shape index (κ1) is 27.5. The molecule has 238 valence electrons. The molecule has 0 N–H and O–H groups in total. The number of pyridine rings is 2. The molecular formula is C40H22N10O. The molecule has 51 heavy (non-hydrogen) atoms. The average molecular weight is 659 g/mol. The maximum absolute atomic E-state index is 6.23. The van der Waals surface area contributed by atoms with Gasteiger partial charge in [-0.1, -0.05) is 60.7 Å². The minimum absolute atomic E-state index is 0.671. The van der Waals surface area contributed by atoms with Crippen LogP contribution in [0.4, 0.5) is 0 Å². The van der Waals surface area contributed by atoms with Crippen molar-refractivity contribution in [1.29, 1.82) is 0 Å². The van der Waals surface area contributed by atoms with Crippen molar-refractivity contribution in [2.24, 2.45) is 0 Å². The predicted molar refractivity (Wildman–Crippen MR) is 196 cm³/mol. The van der Waals surface area contributed by atoms with Crippen molar-refractivity contribution in [3.8, 4) is 33.9 Å². The quantitative estimate of drug-likeness (QED) is 0.184. The standard InChI is InChI=1S/C40H22N10O/c1-3-7-25(8-4-1)49-33-19-23(11-13-27(33)29-21-41-47-45-39(29)49)31-15-17-35-37(43-31)38-36(51-35)18-16-32(44-38)24-12-14-28-30-22-42-48-46-40(30)50(34(28)20-24)26-9-5-2-6-10-26/h1-22H. The first-order chi connectivity index (χ1) is 25.3. The molecule has 7 aromatic heterocycles. The summed E-state index contributed by atoms with van der Waals surface area (Å²) in [4.78, 5) is 10.3. The van der Waals surface area contributed by atoms with Crippen LogP contribution < -0.4 is 0 Å². The summed E-state index contributed by atoms with van der Waals surface area (Å²) in [6.45, 7) is 0. The van der Waals surface area contributed by atoms with Gasteiger partial charge in [-0.2, -0.15) is 0 Å². The highest BCUT2D eigenvalue weighted by atomic mass is 16.3. The second kappa shape index (κ2) is 10.5. The molecule has 0 aliphatic heterocycles. The lowest BCUT2D eigenvalue weighted by Crippen LogP contribution is -1.97.